The molecule has 15 heavy (non-hydrogen) atoms. The minimum absolute atomic E-state index is 0.241. The van der Waals surface area contributed by atoms with E-state index in [4.69, 9.17) is 16.6 Å². The molecule has 8 nitrogen and oxygen atoms in total. The molecule has 1 rings (SSSR count). The van der Waals surface area contributed by atoms with Gasteiger partial charge >= 0.3 is 5.97 Å². The Morgan fingerprint density at radius 1 is 1.40 bits per heavy atom. The van der Waals surface area contributed by atoms with Crippen LogP contribution in [-0.2, 0) is 19.1 Å². The number of aliphatic carboxylic acids is 1. The van der Waals surface area contributed by atoms with Gasteiger partial charge in [0.15, 0.2) is 12.2 Å². The highest BCUT2D eigenvalue weighted by molar-refractivity contribution is 5.95. The number of hydrogen-bond acceptors (Lipinski definition) is 5. The van der Waals surface area contributed by atoms with E-state index in [9.17, 15) is 14.4 Å². The van der Waals surface area contributed by atoms with Gasteiger partial charge in [0.2, 0.25) is 5.91 Å². The number of carboxylic acid groups (broad SMARTS) is 1. The molecule has 0 aromatic rings. The predicted octanol–water partition coefficient (Wildman–Crippen LogP) is -3.23. The number of nitrogens with two attached hydrogens (primary N) is 2. The van der Waals surface area contributed by atoms with E-state index in [0.717, 1.165) is 0 Å². The minimum Gasteiger partial charge on any atom is -0.480 e. The molecule has 6 N–H and O–H groups in total. The van der Waals surface area contributed by atoms with Crippen LogP contribution in [-0.4, -0.2) is 47.7 Å². The lowest BCUT2D eigenvalue weighted by Gasteiger charge is -2.10. The number of primary amides is 1. The topological polar surface area (TPSA) is 148 Å². The molecule has 1 fully saturated rings. The standard InChI is InChI=1S/C7H11N3O5/c8-1-2(7(13)14)10-6(12)4-3(15-4)5(9)11/h2-4H,1,8H2,(H2,9,11)(H,10,12)(H,13,14). The first-order valence-electron chi connectivity index (χ1n) is 4.15. The number of carboxylic acids is 1. The Bertz CT molecular complexity index is 305. The molecule has 0 aliphatic carbocycles. The number of hydrogen-bond donors (Lipinski definition) is 4. The summed E-state index contributed by atoms with van der Waals surface area (Å²) in [4.78, 5) is 32.3. The summed E-state index contributed by atoms with van der Waals surface area (Å²) >= 11 is 0. The van der Waals surface area contributed by atoms with Crippen molar-refractivity contribution in [3.8, 4) is 0 Å². The average Bonchev–Trinajstić information content (AvgIpc) is 2.92. The lowest BCUT2D eigenvalue weighted by Crippen LogP contribution is -2.47. The van der Waals surface area contributed by atoms with Crippen LogP contribution in [0.5, 0.6) is 0 Å². The van der Waals surface area contributed by atoms with Gasteiger partial charge in [0, 0.05) is 6.54 Å². The van der Waals surface area contributed by atoms with Crippen molar-refractivity contribution in [2.75, 3.05) is 6.54 Å². The zero-order chi connectivity index (χ0) is 11.6. The van der Waals surface area contributed by atoms with E-state index < -0.39 is 36.0 Å². The fourth-order valence-corrected chi connectivity index (χ4v) is 1.00. The second-order valence-corrected chi connectivity index (χ2v) is 3.01. The Hall–Kier alpha value is -1.67. The van der Waals surface area contributed by atoms with Crippen LogP contribution in [0.4, 0.5) is 0 Å². The van der Waals surface area contributed by atoms with Crippen molar-refractivity contribution in [3.05, 3.63) is 0 Å². The van der Waals surface area contributed by atoms with Gasteiger partial charge in [0.1, 0.15) is 6.04 Å². The van der Waals surface area contributed by atoms with Crippen LogP contribution in [0.2, 0.25) is 0 Å². The third kappa shape index (κ3) is 2.64. The Labute approximate surface area is 84.5 Å². The number of amides is 2. The third-order valence-electron chi connectivity index (χ3n) is 1.88. The molecular formula is C7H11N3O5. The van der Waals surface area contributed by atoms with E-state index >= 15 is 0 Å². The first-order chi connectivity index (χ1) is 6.97. The van der Waals surface area contributed by atoms with Crippen LogP contribution in [0.1, 0.15) is 0 Å². The van der Waals surface area contributed by atoms with Crippen molar-refractivity contribution in [2.45, 2.75) is 18.2 Å². The normalized spacial score (nSPS) is 25.4. The van der Waals surface area contributed by atoms with Crippen LogP contribution in [0.25, 0.3) is 0 Å². The lowest BCUT2D eigenvalue weighted by molar-refractivity contribution is -0.141. The fourth-order valence-electron chi connectivity index (χ4n) is 1.00. The number of rotatable bonds is 5. The molecule has 0 bridgehead atoms. The summed E-state index contributed by atoms with van der Waals surface area (Å²) in [5.74, 6) is -2.70. The molecule has 1 saturated heterocycles. The van der Waals surface area contributed by atoms with Gasteiger partial charge in [-0.3, -0.25) is 9.59 Å². The molecule has 2 amide bonds. The van der Waals surface area contributed by atoms with Crippen molar-refractivity contribution in [1.82, 2.24) is 5.32 Å². The average molecular weight is 217 g/mol. The summed E-state index contributed by atoms with van der Waals surface area (Å²) in [6, 6.07) is -1.18. The number of ether oxygens (including phenoxy) is 1. The Morgan fingerprint density at radius 2 is 2.00 bits per heavy atom. The molecule has 0 saturated carbocycles. The van der Waals surface area contributed by atoms with Gasteiger partial charge in [-0.2, -0.15) is 0 Å². The molecule has 0 aromatic heterocycles. The number of carbonyl (C=O) groups excluding carboxylic acids is 2. The number of carbonyl (C=O) groups is 3. The second kappa shape index (κ2) is 4.24. The molecule has 8 heteroatoms. The van der Waals surface area contributed by atoms with E-state index in [0.29, 0.717) is 0 Å². The van der Waals surface area contributed by atoms with E-state index in [1.54, 1.807) is 0 Å². The number of nitrogens with one attached hydrogen (secondary N) is 1. The first kappa shape index (κ1) is 11.4. The molecule has 0 radical (unpaired) electrons. The maximum atomic E-state index is 11.2. The SMILES string of the molecule is NCC(NC(=O)C1OC1C(N)=O)C(=O)O. The van der Waals surface area contributed by atoms with Crippen molar-refractivity contribution in [2.24, 2.45) is 11.5 Å². The van der Waals surface area contributed by atoms with Crippen molar-refractivity contribution in [1.29, 1.82) is 0 Å². The summed E-state index contributed by atoms with van der Waals surface area (Å²) in [5, 5.41) is 10.7. The lowest BCUT2D eigenvalue weighted by atomic mass is 10.2. The van der Waals surface area contributed by atoms with Gasteiger partial charge in [0.05, 0.1) is 0 Å². The zero-order valence-corrected chi connectivity index (χ0v) is 7.67. The van der Waals surface area contributed by atoms with Crippen LogP contribution < -0.4 is 16.8 Å². The fraction of sp³-hybridized carbons (Fsp3) is 0.571. The van der Waals surface area contributed by atoms with Crippen molar-refractivity contribution >= 4 is 17.8 Å². The molecular weight excluding hydrogens is 206 g/mol. The Morgan fingerprint density at radius 3 is 2.33 bits per heavy atom. The highest BCUT2D eigenvalue weighted by Crippen LogP contribution is 2.21. The van der Waals surface area contributed by atoms with Crippen LogP contribution in [0.15, 0.2) is 0 Å². The van der Waals surface area contributed by atoms with Crippen LogP contribution in [0.3, 0.4) is 0 Å². The second-order valence-electron chi connectivity index (χ2n) is 3.01. The molecule has 0 spiro atoms. The quantitative estimate of drug-likeness (QED) is 0.356. The molecule has 1 heterocycles. The smallest absolute Gasteiger partial charge is 0.327 e. The summed E-state index contributed by atoms with van der Waals surface area (Å²) in [6.45, 7) is -0.241. The van der Waals surface area contributed by atoms with E-state index in [1.165, 1.54) is 0 Å². The van der Waals surface area contributed by atoms with Gasteiger partial charge in [-0.05, 0) is 0 Å². The highest BCUT2D eigenvalue weighted by atomic mass is 16.6. The van der Waals surface area contributed by atoms with Crippen molar-refractivity contribution < 1.29 is 24.2 Å². The van der Waals surface area contributed by atoms with E-state index in [2.05, 4.69) is 10.1 Å². The number of epoxide rings is 1. The van der Waals surface area contributed by atoms with Crippen LogP contribution >= 0.6 is 0 Å². The molecule has 3 atom stereocenters. The molecule has 1 aliphatic heterocycles. The summed E-state index contributed by atoms with van der Waals surface area (Å²) in [6.07, 6.45) is -1.95. The van der Waals surface area contributed by atoms with Crippen LogP contribution in [0, 0.1) is 0 Å². The van der Waals surface area contributed by atoms with E-state index in [-0.39, 0.29) is 6.54 Å². The van der Waals surface area contributed by atoms with E-state index in [1.807, 2.05) is 0 Å². The molecule has 1 aliphatic rings. The first-order valence-corrected chi connectivity index (χ1v) is 4.15. The summed E-state index contributed by atoms with van der Waals surface area (Å²) in [7, 11) is 0. The minimum atomic E-state index is -1.25. The van der Waals surface area contributed by atoms with Gasteiger partial charge in [-0.1, -0.05) is 0 Å². The van der Waals surface area contributed by atoms with Gasteiger partial charge < -0.3 is 26.6 Å². The maximum Gasteiger partial charge on any atom is 0.327 e. The molecule has 3 unspecified atom stereocenters. The van der Waals surface area contributed by atoms with Crippen molar-refractivity contribution in [3.63, 3.8) is 0 Å². The molecule has 84 valence electrons. The Balaban J connectivity index is 2.43. The Kier molecular flexibility index (Phi) is 3.22. The van der Waals surface area contributed by atoms with Gasteiger partial charge in [0.25, 0.3) is 5.91 Å². The predicted molar refractivity (Wildman–Crippen MR) is 46.5 cm³/mol. The monoisotopic (exact) mass is 217 g/mol. The maximum absolute atomic E-state index is 11.2. The van der Waals surface area contributed by atoms with Gasteiger partial charge in [-0.15, -0.1) is 0 Å². The summed E-state index contributed by atoms with van der Waals surface area (Å²) < 4.78 is 4.64. The molecule has 0 aromatic carbocycles. The van der Waals surface area contributed by atoms with Gasteiger partial charge in [-0.25, -0.2) is 4.79 Å². The third-order valence-corrected chi connectivity index (χ3v) is 1.88. The zero-order valence-electron chi connectivity index (χ0n) is 7.67. The summed E-state index contributed by atoms with van der Waals surface area (Å²) in [5.41, 5.74) is 9.97. The highest BCUT2D eigenvalue weighted by Gasteiger charge is 2.49. The largest absolute Gasteiger partial charge is 0.480 e.